The number of amides is 1. The van der Waals surface area contributed by atoms with E-state index in [2.05, 4.69) is 20.5 Å². The summed E-state index contributed by atoms with van der Waals surface area (Å²) in [4.78, 5) is 16.4. The van der Waals surface area contributed by atoms with E-state index in [9.17, 15) is 4.79 Å². The molecule has 0 aliphatic heterocycles. The molecule has 0 aliphatic rings. The van der Waals surface area contributed by atoms with Gasteiger partial charge in [0, 0.05) is 11.9 Å². The molecular weight excluding hydrogens is 358 g/mol. The summed E-state index contributed by atoms with van der Waals surface area (Å²) in [6.45, 7) is 3.69. The number of anilines is 1. The summed E-state index contributed by atoms with van der Waals surface area (Å²) in [6, 6.07) is 13.2. The van der Waals surface area contributed by atoms with Crippen molar-refractivity contribution in [1.82, 2.24) is 19.7 Å². The highest BCUT2D eigenvalue weighted by Crippen LogP contribution is 2.27. The average Bonchev–Trinajstić information content (AvgIpc) is 2.98. The highest BCUT2D eigenvalue weighted by Gasteiger charge is 2.20. The number of benzene rings is 1. The molecule has 0 bridgehead atoms. The Balaban J connectivity index is 1.77. The zero-order valence-corrected chi connectivity index (χ0v) is 15.3. The molecule has 1 atom stereocenters. The van der Waals surface area contributed by atoms with Crippen LogP contribution in [-0.2, 0) is 4.79 Å². The Hall–Kier alpha value is -2.38. The van der Waals surface area contributed by atoms with Crippen molar-refractivity contribution in [2.75, 3.05) is 5.32 Å². The maximum absolute atomic E-state index is 12.4. The lowest BCUT2D eigenvalue weighted by atomic mass is 10.3. The quantitative estimate of drug-likeness (QED) is 0.544. The summed E-state index contributed by atoms with van der Waals surface area (Å²) < 4.78 is 1.92. The molecule has 25 heavy (non-hydrogen) atoms. The topological polar surface area (TPSA) is 72.7 Å². The molecule has 0 saturated heterocycles. The van der Waals surface area contributed by atoms with Gasteiger partial charge in [-0.05, 0) is 38.1 Å². The molecule has 6 nitrogen and oxygen atoms in total. The molecule has 0 fully saturated rings. The third-order valence-electron chi connectivity index (χ3n) is 3.48. The zero-order chi connectivity index (χ0) is 17.8. The second kappa shape index (κ2) is 7.67. The SMILES string of the molecule is Cc1nnc(S[C@@H](C)C(=O)Nc2cccnc2Cl)n1-c1ccccc1. The van der Waals surface area contributed by atoms with Crippen LogP contribution in [0.4, 0.5) is 5.69 Å². The minimum Gasteiger partial charge on any atom is -0.322 e. The fourth-order valence-electron chi connectivity index (χ4n) is 2.22. The van der Waals surface area contributed by atoms with Gasteiger partial charge in [0.25, 0.3) is 0 Å². The first-order chi connectivity index (χ1) is 12.1. The second-order valence-electron chi connectivity index (χ2n) is 5.29. The first-order valence-electron chi connectivity index (χ1n) is 7.61. The van der Waals surface area contributed by atoms with Gasteiger partial charge in [0.15, 0.2) is 10.3 Å². The van der Waals surface area contributed by atoms with Gasteiger partial charge >= 0.3 is 0 Å². The molecule has 0 unspecified atom stereocenters. The van der Waals surface area contributed by atoms with Crippen LogP contribution in [0, 0.1) is 6.92 Å². The number of pyridine rings is 1. The Labute approximate surface area is 154 Å². The molecule has 1 N–H and O–H groups in total. The van der Waals surface area contributed by atoms with E-state index < -0.39 is 0 Å². The third kappa shape index (κ3) is 4.00. The van der Waals surface area contributed by atoms with Crippen molar-refractivity contribution in [2.45, 2.75) is 24.3 Å². The number of carbonyl (C=O) groups excluding carboxylic acids is 1. The number of aromatic nitrogens is 4. The zero-order valence-electron chi connectivity index (χ0n) is 13.7. The molecule has 1 aromatic carbocycles. The molecule has 8 heteroatoms. The van der Waals surface area contributed by atoms with Crippen molar-refractivity contribution < 1.29 is 4.79 Å². The lowest BCUT2D eigenvalue weighted by Gasteiger charge is -2.13. The Kier molecular flexibility index (Phi) is 5.35. The Morgan fingerprint density at radius 2 is 1.96 bits per heavy atom. The fourth-order valence-corrected chi connectivity index (χ4v) is 3.30. The molecule has 0 spiro atoms. The van der Waals surface area contributed by atoms with Gasteiger partial charge in [-0.3, -0.25) is 9.36 Å². The van der Waals surface area contributed by atoms with Crippen molar-refractivity contribution in [3.05, 3.63) is 59.6 Å². The Bertz CT molecular complexity index is 884. The normalized spacial score (nSPS) is 12.0. The molecule has 0 radical (unpaired) electrons. The maximum Gasteiger partial charge on any atom is 0.237 e. The van der Waals surface area contributed by atoms with Crippen LogP contribution >= 0.6 is 23.4 Å². The number of halogens is 1. The van der Waals surface area contributed by atoms with Crippen molar-refractivity contribution in [3.63, 3.8) is 0 Å². The minimum atomic E-state index is -0.387. The molecule has 2 heterocycles. The van der Waals surface area contributed by atoms with E-state index in [1.807, 2.05) is 48.7 Å². The summed E-state index contributed by atoms with van der Waals surface area (Å²) in [6.07, 6.45) is 1.57. The first kappa shape index (κ1) is 17.4. The van der Waals surface area contributed by atoms with Gasteiger partial charge in [-0.15, -0.1) is 10.2 Å². The number of carbonyl (C=O) groups is 1. The molecule has 1 amide bonds. The summed E-state index contributed by atoms with van der Waals surface area (Å²) in [5.74, 6) is 0.580. The predicted octanol–water partition coefficient (Wildman–Crippen LogP) is 3.74. The van der Waals surface area contributed by atoms with Gasteiger partial charge in [-0.1, -0.05) is 41.6 Å². The van der Waals surface area contributed by atoms with Crippen LogP contribution in [0.1, 0.15) is 12.7 Å². The largest absolute Gasteiger partial charge is 0.322 e. The molecule has 3 aromatic rings. The van der Waals surface area contributed by atoms with E-state index >= 15 is 0 Å². The fraction of sp³-hybridized carbons (Fsp3) is 0.176. The standard InChI is InChI=1S/C17H16ClN5OS/c1-11(16(24)20-14-9-6-10-19-15(14)18)25-17-22-21-12(2)23(17)13-7-4-3-5-8-13/h3-11H,1-2H3,(H,20,24)/t11-/m0/s1. The second-order valence-corrected chi connectivity index (χ2v) is 6.96. The van der Waals surface area contributed by atoms with Crippen molar-refractivity contribution in [2.24, 2.45) is 0 Å². The number of aryl methyl sites for hydroxylation is 1. The smallest absolute Gasteiger partial charge is 0.237 e. The Morgan fingerprint density at radius 3 is 2.68 bits per heavy atom. The van der Waals surface area contributed by atoms with Gasteiger partial charge in [0.2, 0.25) is 5.91 Å². The number of hydrogen-bond donors (Lipinski definition) is 1. The van der Waals surface area contributed by atoms with Gasteiger partial charge < -0.3 is 5.32 Å². The van der Waals surface area contributed by atoms with E-state index in [1.54, 1.807) is 18.3 Å². The number of thioether (sulfide) groups is 1. The summed E-state index contributed by atoms with van der Waals surface area (Å²) in [7, 11) is 0. The molecule has 2 aromatic heterocycles. The van der Waals surface area contributed by atoms with E-state index in [0.717, 1.165) is 11.5 Å². The lowest BCUT2D eigenvalue weighted by Crippen LogP contribution is -2.23. The molecule has 0 saturated carbocycles. The Morgan fingerprint density at radius 1 is 1.20 bits per heavy atom. The van der Waals surface area contributed by atoms with E-state index in [-0.39, 0.29) is 16.3 Å². The number of rotatable bonds is 5. The average molecular weight is 374 g/mol. The van der Waals surface area contributed by atoms with Crippen LogP contribution in [0.2, 0.25) is 5.15 Å². The summed E-state index contributed by atoms with van der Waals surface area (Å²) in [5, 5.41) is 11.6. The number of nitrogens with one attached hydrogen (secondary N) is 1. The first-order valence-corrected chi connectivity index (χ1v) is 8.87. The third-order valence-corrected chi connectivity index (χ3v) is 4.82. The highest BCUT2D eigenvalue weighted by molar-refractivity contribution is 8.00. The van der Waals surface area contributed by atoms with E-state index in [4.69, 9.17) is 11.6 Å². The maximum atomic E-state index is 12.4. The van der Waals surface area contributed by atoms with Crippen LogP contribution in [0.3, 0.4) is 0 Å². The van der Waals surface area contributed by atoms with Crippen molar-refractivity contribution >= 4 is 35.0 Å². The molecule has 3 rings (SSSR count). The summed E-state index contributed by atoms with van der Waals surface area (Å²) >= 11 is 7.32. The predicted molar refractivity (Wildman–Crippen MR) is 99.3 cm³/mol. The number of hydrogen-bond acceptors (Lipinski definition) is 5. The van der Waals surface area contributed by atoms with E-state index in [0.29, 0.717) is 10.8 Å². The minimum absolute atomic E-state index is 0.180. The van der Waals surface area contributed by atoms with Crippen molar-refractivity contribution in [3.8, 4) is 5.69 Å². The van der Waals surface area contributed by atoms with Crippen LogP contribution in [-0.4, -0.2) is 30.9 Å². The lowest BCUT2D eigenvalue weighted by molar-refractivity contribution is -0.115. The molecule has 0 aliphatic carbocycles. The van der Waals surface area contributed by atoms with Gasteiger partial charge in [-0.2, -0.15) is 0 Å². The molecular formula is C17H16ClN5OS. The van der Waals surface area contributed by atoms with Gasteiger partial charge in [0.1, 0.15) is 5.82 Å². The van der Waals surface area contributed by atoms with Crippen molar-refractivity contribution in [1.29, 1.82) is 0 Å². The highest BCUT2D eigenvalue weighted by atomic mass is 35.5. The number of para-hydroxylation sites is 1. The van der Waals surface area contributed by atoms with Gasteiger partial charge in [-0.25, -0.2) is 4.98 Å². The van der Waals surface area contributed by atoms with E-state index in [1.165, 1.54) is 11.8 Å². The monoisotopic (exact) mass is 373 g/mol. The van der Waals surface area contributed by atoms with Crippen LogP contribution in [0.15, 0.2) is 53.8 Å². The van der Waals surface area contributed by atoms with Gasteiger partial charge in [0.05, 0.1) is 10.9 Å². The molecule has 128 valence electrons. The van der Waals surface area contributed by atoms with Crippen LogP contribution < -0.4 is 5.32 Å². The number of nitrogens with zero attached hydrogens (tertiary/aromatic N) is 4. The van der Waals surface area contributed by atoms with Crippen LogP contribution in [0.25, 0.3) is 5.69 Å². The summed E-state index contributed by atoms with van der Waals surface area (Å²) in [5.41, 5.74) is 1.44. The van der Waals surface area contributed by atoms with Crippen LogP contribution in [0.5, 0.6) is 0 Å².